The van der Waals surface area contributed by atoms with E-state index < -0.39 is 5.97 Å². The number of rotatable bonds is 8. The minimum Gasteiger partial charge on any atom is -0.422 e. The summed E-state index contributed by atoms with van der Waals surface area (Å²) in [5.74, 6) is -0.756. The van der Waals surface area contributed by atoms with Crippen molar-refractivity contribution in [2.75, 3.05) is 19.8 Å². The summed E-state index contributed by atoms with van der Waals surface area (Å²) >= 11 is 0. The summed E-state index contributed by atoms with van der Waals surface area (Å²) in [5, 5.41) is 28.9. The van der Waals surface area contributed by atoms with Gasteiger partial charge in [0, 0.05) is 48.7 Å². The summed E-state index contributed by atoms with van der Waals surface area (Å²) in [6.07, 6.45) is 0. The normalized spacial score (nSPS) is 14.4. The summed E-state index contributed by atoms with van der Waals surface area (Å²) < 4.78 is 5.75. The number of aliphatic hydroxyl groups is 3. The third kappa shape index (κ3) is 4.95. The monoisotopic (exact) mass is 372 g/mol. The molecule has 146 valence electrons. The van der Waals surface area contributed by atoms with E-state index in [-0.39, 0.29) is 37.6 Å². The number of carbonyl (C=O) groups excluding carboxylic acids is 1. The standard InChI is InChI=1S/C22H28O5/c1-14(11-23)18-9-19(15(2)12-24)21(20(10-18)16(3)13-25)27-22(26)17-7-5-4-6-8-17/h4-10,14-16,23-25H,11-13H2,1-3H3. The van der Waals surface area contributed by atoms with Crippen molar-refractivity contribution in [3.63, 3.8) is 0 Å². The largest absolute Gasteiger partial charge is 0.422 e. The topological polar surface area (TPSA) is 87.0 Å². The molecule has 2 aromatic rings. The molecule has 0 heterocycles. The van der Waals surface area contributed by atoms with Crippen LogP contribution in [-0.4, -0.2) is 41.1 Å². The molecular formula is C22H28O5. The Morgan fingerprint density at radius 3 is 1.78 bits per heavy atom. The lowest BCUT2D eigenvalue weighted by molar-refractivity contribution is 0.0728. The molecule has 2 aromatic carbocycles. The van der Waals surface area contributed by atoms with Crippen LogP contribution in [-0.2, 0) is 0 Å². The second-order valence-electron chi connectivity index (χ2n) is 7.03. The van der Waals surface area contributed by atoms with Gasteiger partial charge in [0.05, 0.1) is 5.56 Å². The van der Waals surface area contributed by atoms with Gasteiger partial charge >= 0.3 is 5.97 Å². The molecule has 0 aliphatic heterocycles. The van der Waals surface area contributed by atoms with Gasteiger partial charge in [-0.05, 0) is 17.7 Å². The van der Waals surface area contributed by atoms with Crippen LogP contribution in [0.15, 0.2) is 42.5 Å². The number of benzene rings is 2. The Balaban J connectivity index is 2.59. The number of carbonyl (C=O) groups is 1. The van der Waals surface area contributed by atoms with E-state index >= 15 is 0 Å². The zero-order valence-electron chi connectivity index (χ0n) is 16.1. The van der Waals surface area contributed by atoms with Gasteiger partial charge in [-0.15, -0.1) is 0 Å². The van der Waals surface area contributed by atoms with Crippen LogP contribution in [0.2, 0.25) is 0 Å². The quantitative estimate of drug-likeness (QED) is 0.489. The van der Waals surface area contributed by atoms with Crippen molar-refractivity contribution in [1.82, 2.24) is 0 Å². The molecule has 3 atom stereocenters. The maximum atomic E-state index is 12.6. The molecule has 0 fully saturated rings. The van der Waals surface area contributed by atoms with Crippen LogP contribution < -0.4 is 4.74 Å². The van der Waals surface area contributed by atoms with Crippen molar-refractivity contribution in [1.29, 1.82) is 0 Å². The predicted octanol–water partition coefficient (Wildman–Crippen LogP) is 3.19. The molecule has 0 aliphatic carbocycles. The van der Waals surface area contributed by atoms with Gasteiger partial charge < -0.3 is 20.1 Å². The van der Waals surface area contributed by atoms with Crippen LogP contribution in [0.3, 0.4) is 0 Å². The average molecular weight is 372 g/mol. The first kappa shape index (κ1) is 21.1. The fourth-order valence-corrected chi connectivity index (χ4v) is 2.86. The Kier molecular flexibility index (Phi) is 7.54. The number of ether oxygens (including phenoxy) is 1. The minimum absolute atomic E-state index is 0.0248. The number of aliphatic hydroxyl groups excluding tert-OH is 3. The zero-order chi connectivity index (χ0) is 20.0. The van der Waals surface area contributed by atoms with Gasteiger partial charge in [0.15, 0.2) is 0 Å². The SMILES string of the molecule is CC(CO)c1cc(C(C)CO)c(OC(=O)c2ccccc2)c(C(C)CO)c1. The fraction of sp³-hybridized carbons (Fsp3) is 0.409. The van der Waals surface area contributed by atoms with Gasteiger partial charge in [-0.3, -0.25) is 0 Å². The summed E-state index contributed by atoms with van der Waals surface area (Å²) in [4.78, 5) is 12.6. The van der Waals surface area contributed by atoms with E-state index in [2.05, 4.69) is 0 Å². The van der Waals surface area contributed by atoms with Crippen LogP contribution in [0.25, 0.3) is 0 Å². The highest BCUT2D eigenvalue weighted by molar-refractivity contribution is 5.91. The van der Waals surface area contributed by atoms with E-state index in [9.17, 15) is 20.1 Å². The van der Waals surface area contributed by atoms with Crippen molar-refractivity contribution in [3.05, 3.63) is 64.7 Å². The third-order valence-electron chi connectivity index (χ3n) is 4.83. The van der Waals surface area contributed by atoms with Crippen molar-refractivity contribution in [2.24, 2.45) is 0 Å². The molecule has 0 spiro atoms. The number of hydrogen-bond acceptors (Lipinski definition) is 5. The molecular weight excluding hydrogens is 344 g/mol. The molecule has 0 bridgehead atoms. The van der Waals surface area contributed by atoms with Crippen molar-refractivity contribution in [3.8, 4) is 5.75 Å². The Bertz CT molecular complexity index is 726. The number of hydrogen-bond donors (Lipinski definition) is 3. The molecule has 3 unspecified atom stereocenters. The Morgan fingerprint density at radius 2 is 1.33 bits per heavy atom. The smallest absolute Gasteiger partial charge is 0.343 e. The zero-order valence-corrected chi connectivity index (χ0v) is 16.1. The summed E-state index contributed by atoms with van der Waals surface area (Å²) in [5.41, 5.74) is 2.68. The van der Waals surface area contributed by atoms with E-state index in [1.807, 2.05) is 39.0 Å². The fourth-order valence-electron chi connectivity index (χ4n) is 2.86. The van der Waals surface area contributed by atoms with Crippen LogP contribution in [0.1, 0.15) is 65.6 Å². The van der Waals surface area contributed by atoms with Crippen molar-refractivity contribution < 1.29 is 24.9 Å². The van der Waals surface area contributed by atoms with Gasteiger partial charge in [-0.1, -0.05) is 51.1 Å². The molecule has 0 aliphatic rings. The first-order chi connectivity index (χ1) is 12.9. The van der Waals surface area contributed by atoms with E-state index in [1.54, 1.807) is 24.3 Å². The third-order valence-corrected chi connectivity index (χ3v) is 4.83. The lowest BCUT2D eigenvalue weighted by atomic mass is 9.87. The van der Waals surface area contributed by atoms with Gasteiger partial charge in [-0.2, -0.15) is 0 Å². The maximum absolute atomic E-state index is 12.6. The molecule has 3 N–H and O–H groups in total. The highest BCUT2D eigenvalue weighted by Gasteiger charge is 2.24. The van der Waals surface area contributed by atoms with E-state index in [4.69, 9.17) is 4.74 Å². The van der Waals surface area contributed by atoms with Crippen LogP contribution in [0.5, 0.6) is 5.75 Å². The molecule has 27 heavy (non-hydrogen) atoms. The minimum atomic E-state index is -0.490. The van der Waals surface area contributed by atoms with E-state index in [1.165, 1.54) is 0 Å². The molecule has 0 amide bonds. The average Bonchev–Trinajstić information content (AvgIpc) is 2.72. The first-order valence-electron chi connectivity index (χ1n) is 9.20. The van der Waals surface area contributed by atoms with Gasteiger partial charge in [0.25, 0.3) is 0 Å². The number of esters is 1. The lowest BCUT2D eigenvalue weighted by Crippen LogP contribution is -2.16. The summed E-state index contributed by atoms with van der Waals surface area (Å²) in [6.45, 7) is 5.33. The van der Waals surface area contributed by atoms with E-state index in [0.29, 0.717) is 22.4 Å². The summed E-state index contributed by atoms with van der Waals surface area (Å²) in [7, 11) is 0. The van der Waals surface area contributed by atoms with Crippen molar-refractivity contribution in [2.45, 2.75) is 38.5 Å². The van der Waals surface area contributed by atoms with Gasteiger partial charge in [0.2, 0.25) is 0 Å². The molecule has 5 nitrogen and oxygen atoms in total. The molecule has 2 rings (SSSR count). The Morgan fingerprint density at radius 1 is 0.852 bits per heavy atom. The van der Waals surface area contributed by atoms with Gasteiger partial charge in [0.1, 0.15) is 5.75 Å². The van der Waals surface area contributed by atoms with Crippen molar-refractivity contribution >= 4 is 5.97 Å². The lowest BCUT2D eigenvalue weighted by Gasteiger charge is -2.23. The maximum Gasteiger partial charge on any atom is 0.343 e. The van der Waals surface area contributed by atoms with Crippen LogP contribution in [0, 0.1) is 0 Å². The Hall–Kier alpha value is -2.21. The molecule has 0 saturated carbocycles. The first-order valence-corrected chi connectivity index (χ1v) is 9.20. The molecule has 0 radical (unpaired) electrons. The highest BCUT2D eigenvalue weighted by Crippen LogP contribution is 2.38. The summed E-state index contributed by atoms with van der Waals surface area (Å²) in [6, 6.07) is 12.4. The van der Waals surface area contributed by atoms with Gasteiger partial charge in [-0.25, -0.2) is 4.79 Å². The Labute approximate surface area is 160 Å². The molecule has 0 aromatic heterocycles. The molecule has 0 saturated heterocycles. The highest BCUT2D eigenvalue weighted by atomic mass is 16.5. The van der Waals surface area contributed by atoms with Crippen LogP contribution in [0.4, 0.5) is 0 Å². The molecule has 5 heteroatoms. The second kappa shape index (κ2) is 9.65. The van der Waals surface area contributed by atoms with Crippen LogP contribution >= 0.6 is 0 Å². The van der Waals surface area contributed by atoms with E-state index in [0.717, 1.165) is 5.56 Å². The second-order valence-corrected chi connectivity index (χ2v) is 7.03. The predicted molar refractivity (Wildman–Crippen MR) is 104 cm³/mol.